The van der Waals surface area contributed by atoms with Crippen LogP contribution in [0, 0.1) is 5.92 Å². The van der Waals surface area contributed by atoms with Crippen molar-refractivity contribution in [3.05, 3.63) is 33.8 Å². The third kappa shape index (κ3) is 4.00. The van der Waals surface area contributed by atoms with Crippen molar-refractivity contribution in [2.45, 2.75) is 44.1 Å². The first-order valence-electron chi connectivity index (χ1n) is 7.73. The molecule has 24 heavy (non-hydrogen) atoms. The smallest absolute Gasteiger partial charge is 0.181 e. The summed E-state index contributed by atoms with van der Waals surface area (Å²) in [6.45, 7) is 3.14. The summed E-state index contributed by atoms with van der Waals surface area (Å²) in [5.74, 6) is -2.94. The van der Waals surface area contributed by atoms with Gasteiger partial charge in [0.15, 0.2) is 27.2 Å². The Morgan fingerprint density at radius 2 is 1.79 bits per heavy atom. The maximum atomic E-state index is 12.8. The van der Waals surface area contributed by atoms with E-state index in [2.05, 4.69) is 15.9 Å². The highest BCUT2D eigenvalue weighted by molar-refractivity contribution is 9.10. The van der Waals surface area contributed by atoms with Crippen molar-refractivity contribution in [1.29, 1.82) is 0 Å². The fourth-order valence-electron chi connectivity index (χ4n) is 2.66. The molecule has 0 aromatic heterocycles. The first kappa shape index (κ1) is 19.0. The fraction of sp³-hybridized carbons (Fsp3) is 0.471. The number of carbonyl (C=O) groups is 3. The monoisotopic (exact) mass is 414 g/mol. The van der Waals surface area contributed by atoms with Crippen LogP contribution in [-0.2, 0) is 25.2 Å². The van der Waals surface area contributed by atoms with Gasteiger partial charge in [0.2, 0.25) is 0 Å². The van der Waals surface area contributed by atoms with E-state index in [0.717, 1.165) is 0 Å². The van der Waals surface area contributed by atoms with E-state index >= 15 is 0 Å². The van der Waals surface area contributed by atoms with Gasteiger partial charge in [-0.25, -0.2) is 8.42 Å². The van der Waals surface area contributed by atoms with Crippen LogP contribution in [-0.4, -0.2) is 31.0 Å². The van der Waals surface area contributed by atoms with E-state index in [0.29, 0.717) is 16.5 Å². The molecule has 2 rings (SSSR count). The molecular weight excluding hydrogens is 396 g/mol. The lowest BCUT2D eigenvalue weighted by Gasteiger charge is -2.20. The molecule has 0 spiro atoms. The lowest BCUT2D eigenvalue weighted by molar-refractivity contribution is -0.133. The summed E-state index contributed by atoms with van der Waals surface area (Å²) in [5, 5.41) is -0.586. The Balaban J connectivity index is 2.45. The van der Waals surface area contributed by atoms with Gasteiger partial charge in [-0.15, -0.1) is 0 Å². The van der Waals surface area contributed by atoms with Crippen molar-refractivity contribution in [1.82, 2.24) is 0 Å². The average Bonchev–Trinajstić information content (AvgIpc) is 2.46. The summed E-state index contributed by atoms with van der Waals surface area (Å²) in [4.78, 5) is 36.8. The molecule has 0 heterocycles. The Labute approximate surface area is 149 Å². The Hall–Kier alpha value is -1.34. The van der Waals surface area contributed by atoms with Gasteiger partial charge in [-0.2, -0.15) is 0 Å². The third-order valence-electron chi connectivity index (χ3n) is 4.16. The molecule has 1 aliphatic carbocycles. The highest BCUT2D eigenvalue weighted by atomic mass is 79.9. The van der Waals surface area contributed by atoms with Gasteiger partial charge in [0.05, 0.1) is 11.0 Å². The van der Waals surface area contributed by atoms with Crippen LogP contribution in [0.15, 0.2) is 22.7 Å². The molecule has 0 radical (unpaired) electrons. The SMILES string of the molecule is CC(C)S(=O)(=O)Cc1cc(Br)ccc1C(=O)C1C(=O)CCCC1=O. The quantitative estimate of drug-likeness (QED) is 0.545. The summed E-state index contributed by atoms with van der Waals surface area (Å²) in [7, 11) is -3.42. The summed E-state index contributed by atoms with van der Waals surface area (Å²) in [6.07, 6.45) is 0.882. The number of carbonyl (C=O) groups excluding carboxylic acids is 3. The minimum atomic E-state index is -3.42. The van der Waals surface area contributed by atoms with Gasteiger partial charge in [0.1, 0.15) is 5.92 Å². The van der Waals surface area contributed by atoms with E-state index in [9.17, 15) is 22.8 Å². The van der Waals surface area contributed by atoms with Crippen molar-refractivity contribution in [3.8, 4) is 0 Å². The maximum Gasteiger partial charge on any atom is 0.181 e. The normalized spacial score (nSPS) is 16.7. The zero-order chi connectivity index (χ0) is 18.1. The third-order valence-corrected chi connectivity index (χ3v) is 6.80. The van der Waals surface area contributed by atoms with E-state index in [1.54, 1.807) is 26.0 Å². The number of Topliss-reactive ketones (excluding diaryl/α,β-unsaturated/α-hetero) is 3. The standard InChI is InChI=1S/C17H19BrO5S/c1-10(2)24(22,23)9-11-8-12(18)6-7-13(11)17(21)16-14(19)4-3-5-15(16)20/h6-8,10,16H,3-5,9H2,1-2H3. The van der Waals surface area contributed by atoms with Crippen molar-refractivity contribution in [3.63, 3.8) is 0 Å². The highest BCUT2D eigenvalue weighted by Crippen LogP contribution is 2.26. The maximum absolute atomic E-state index is 12.8. The van der Waals surface area contributed by atoms with Gasteiger partial charge in [-0.3, -0.25) is 14.4 Å². The summed E-state index contributed by atoms with van der Waals surface area (Å²) in [6, 6.07) is 4.65. The van der Waals surface area contributed by atoms with Crippen LogP contribution in [0.4, 0.5) is 0 Å². The van der Waals surface area contributed by atoms with Gasteiger partial charge in [-0.1, -0.05) is 15.9 Å². The van der Waals surface area contributed by atoms with Gasteiger partial charge >= 0.3 is 0 Å². The van der Waals surface area contributed by atoms with Crippen LogP contribution >= 0.6 is 15.9 Å². The number of ketones is 3. The summed E-state index contributed by atoms with van der Waals surface area (Å²) in [5.41, 5.74) is 0.449. The summed E-state index contributed by atoms with van der Waals surface area (Å²) < 4.78 is 25.1. The van der Waals surface area contributed by atoms with Gasteiger partial charge < -0.3 is 0 Å². The van der Waals surface area contributed by atoms with Crippen LogP contribution in [0.1, 0.15) is 49.0 Å². The molecule has 0 N–H and O–H groups in total. The Morgan fingerprint density at radius 3 is 2.33 bits per heavy atom. The first-order valence-corrected chi connectivity index (χ1v) is 10.2. The molecular formula is C17H19BrO5S. The molecule has 1 aromatic carbocycles. The minimum absolute atomic E-state index is 0.135. The second-order valence-corrected chi connectivity index (χ2v) is 9.71. The van der Waals surface area contributed by atoms with E-state index < -0.39 is 26.8 Å². The number of rotatable bonds is 5. The van der Waals surface area contributed by atoms with Crippen LogP contribution in [0.25, 0.3) is 0 Å². The predicted molar refractivity (Wildman–Crippen MR) is 93.6 cm³/mol. The van der Waals surface area contributed by atoms with E-state index in [-0.39, 0.29) is 35.7 Å². The van der Waals surface area contributed by atoms with Crippen molar-refractivity contribution in [2.75, 3.05) is 0 Å². The fourth-order valence-corrected chi connectivity index (χ4v) is 4.07. The largest absolute Gasteiger partial charge is 0.298 e. The van der Waals surface area contributed by atoms with Crippen molar-refractivity contribution >= 4 is 43.1 Å². The van der Waals surface area contributed by atoms with E-state index in [1.807, 2.05) is 0 Å². The molecule has 7 heteroatoms. The highest BCUT2D eigenvalue weighted by Gasteiger charge is 2.37. The topological polar surface area (TPSA) is 85.3 Å². The molecule has 5 nitrogen and oxygen atoms in total. The number of halogens is 1. The molecule has 1 saturated carbocycles. The number of benzene rings is 1. The molecule has 0 amide bonds. The minimum Gasteiger partial charge on any atom is -0.298 e. The number of hydrogen-bond acceptors (Lipinski definition) is 5. The second-order valence-electron chi connectivity index (χ2n) is 6.24. The van der Waals surface area contributed by atoms with Crippen LogP contribution < -0.4 is 0 Å². The lowest BCUT2D eigenvalue weighted by Crippen LogP contribution is -2.35. The molecule has 1 fully saturated rings. The van der Waals surface area contributed by atoms with Crippen LogP contribution in [0.2, 0.25) is 0 Å². The molecule has 1 aromatic rings. The molecule has 0 unspecified atom stereocenters. The first-order chi connectivity index (χ1) is 11.1. The molecule has 130 valence electrons. The van der Waals surface area contributed by atoms with E-state index in [1.165, 1.54) is 6.07 Å². The van der Waals surface area contributed by atoms with Gasteiger partial charge in [0, 0.05) is 22.9 Å². The Kier molecular flexibility index (Phi) is 5.75. The number of sulfone groups is 1. The molecule has 0 atom stereocenters. The van der Waals surface area contributed by atoms with Crippen LogP contribution in [0.5, 0.6) is 0 Å². The lowest BCUT2D eigenvalue weighted by atomic mass is 9.81. The molecule has 0 bridgehead atoms. The summed E-state index contributed by atoms with van der Waals surface area (Å²) >= 11 is 3.27. The Bertz CT molecular complexity index is 779. The zero-order valence-corrected chi connectivity index (χ0v) is 15.9. The van der Waals surface area contributed by atoms with Crippen molar-refractivity contribution < 1.29 is 22.8 Å². The van der Waals surface area contributed by atoms with E-state index in [4.69, 9.17) is 0 Å². The zero-order valence-electron chi connectivity index (χ0n) is 13.5. The number of hydrogen-bond donors (Lipinski definition) is 0. The molecule has 1 aliphatic rings. The predicted octanol–water partition coefficient (Wildman–Crippen LogP) is 2.89. The van der Waals surface area contributed by atoms with Crippen LogP contribution in [0.3, 0.4) is 0 Å². The van der Waals surface area contributed by atoms with Crippen molar-refractivity contribution in [2.24, 2.45) is 5.92 Å². The molecule has 0 aliphatic heterocycles. The molecule has 0 saturated heterocycles. The van der Waals surface area contributed by atoms with Gasteiger partial charge in [0.25, 0.3) is 0 Å². The van der Waals surface area contributed by atoms with Gasteiger partial charge in [-0.05, 0) is 44.0 Å². The Morgan fingerprint density at radius 1 is 1.21 bits per heavy atom. The average molecular weight is 415 g/mol. The second kappa shape index (κ2) is 7.27.